The molecule has 0 heterocycles. The van der Waals surface area contributed by atoms with Gasteiger partial charge in [0, 0.05) is 6.42 Å². The van der Waals surface area contributed by atoms with Crippen LogP contribution >= 0.6 is 15.9 Å². The highest BCUT2D eigenvalue weighted by Crippen LogP contribution is 2.11. The Hall–Kier alpha value is -0.580. The molecule has 0 aromatic heterocycles. The molecule has 4 nitrogen and oxygen atoms in total. The number of carbonyl (C=O) groups is 2. The molecule has 1 atom stereocenters. The van der Waals surface area contributed by atoms with E-state index in [0.29, 0.717) is 25.7 Å². The Labute approximate surface area is 85.4 Å². The minimum absolute atomic E-state index is 0.249. The smallest absolute Gasteiger partial charge is 0.317 e. The van der Waals surface area contributed by atoms with E-state index in [9.17, 15) is 9.59 Å². The normalized spacial score (nSPS) is 12.2. The summed E-state index contributed by atoms with van der Waals surface area (Å²) in [6.45, 7) is 0. The maximum absolute atomic E-state index is 10.6. The molecule has 13 heavy (non-hydrogen) atoms. The van der Waals surface area contributed by atoms with E-state index in [0.717, 1.165) is 0 Å². The maximum atomic E-state index is 10.6. The quantitative estimate of drug-likeness (QED) is 0.443. The van der Waals surface area contributed by atoms with Gasteiger partial charge in [-0.3, -0.25) is 9.59 Å². The fraction of sp³-hybridized carbons (Fsp3) is 0.750. The van der Waals surface area contributed by atoms with Crippen molar-refractivity contribution in [3.05, 3.63) is 0 Å². The van der Waals surface area contributed by atoms with Crippen molar-refractivity contribution >= 4 is 27.9 Å². The molecule has 0 aliphatic carbocycles. The number of esters is 1. The van der Waals surface area contributed by atoms with Gasteiger partial charge in [-0.25, -0.2) is 0 Å². The number of carbonyl (C=O) groups excluding carboxylic acids is 1. The van der Waals surface area contributed by atoms with Crippen LogP contribution in [0.4, 0.5) is 0 Å². The Morgan fingerprint density at radius 2 is 2.08 bits per heavy atom. The van der Waals surface area contributed by atoms with Crippen LogP contribution in [0, 0.1) is 0 Å². The van der Waals surface area contributed by atoms with Gasteiger partial charge in [-0.1, -0.05) is 22.4 Å². The molecule has 0 saturated carbocycles. The SMILES string of the molecule is COC(=O)CCCCC(Br)C(=O)O. The zero-order chi connectivity index (χ0) is 10.3. The summed E-state index contributed by atoms with van der Waals surface area (Å²) < 4.78 is 4.44. The molecule has 0 bridgehead atoms. The summed E-state index contributed by atoms with van der Waals surface area (Å²) in [4.78, 5) is 20.5. The number of alkyl halides is 1. The second-order valence-corrected chi connectivity index (χ2v) is 3.73. The van der Waals surface area contributed by atoms with Crippen molar-refractivity contribution in [1.82, 2.24) is 0 Å². The van der Waals surface area contributed by atoms with Gasteiger partial charge in [-0.15, -0.1) is 0 Å². The average Bonchev–Trinajstić information content (AvgIpc) is 2.11. The lowest BCUT2D eigenvalue weighted by Crippen LogP contribution is -2.12. The Balaban J connectivity index is 3.35. The van der Waals surface area contributed by atoms with Gasteiger partial charge in [0.2, 0.25) is 0 Å². The molecule has 76 valence electrons. The minimum atomic E-state index is -0.863. The lowest BCUT2D eigenvalue weighted by atomic mass is 10.1. The molecule has 0 aliphatic heterocycles. The highest BCUT2D eigenvalue weighted by molar-refractivity contribution is 9.10. The van der Waals surface area contributed by atoms with E-state index in [2.05, 4.69) is 20.7 Å². The Morgan fingerprint density at radius 1 is 1.46 bits per heavy atom. The monoisotopic (exact) mass is 252 g/mol. The first-order valence-electron chi connectivity index (χ1n) is 4.01. The van der Waals surface area contributed by atoms with Crippen molar-refractivity contribution in [2.75, 3.05) is 7.11 Å². The van der Waals surface area contributed by atoms with Crippen molar-refractivity contribution in [2.45, 2.75) is 30.5 Å². The first kappa shape index (κ1) is 12.4. The van der Waals surface area contributed by atoms with Crippen molar-refractivity contribution in [2.24, 2.45) is 0 Å². The van der Waals surface area contributed by atoms with E-state index in [1.54, 1.807) is 0 Å². The van der Waals surface area contributed by atoms with Crippen LogP contribution < -0.4 is 0 Å². The molecule has 0 aliphatic rings. The summed E-state index contributed by atoms with van der Waals surface area (Å²) in [6, 6.07) is 0. The highest BCUT2D eigenvalue weighted by Gasteiger charge is 2.12. The summed E-state index contributed by atoms with van der Waals surface area (Å²) in [5.41, 5.74) is 0. The zero-order valence-corrected chi connectivity index (χ0v) is 9.04. The van der Waals surface area contributed by atoms with Crippen LogP contribution in [0.25, 0.3) is 0 Å². The van der Waals surface area contributed by atoms with Crippen LogP contribution in [-0.4, -0.2) is 29.0 Å². The van der Waals surface area contributed by atoms with E-state index in [-0.39, 0.29) is 5.97 Å². The van der Waals surface area contributed by atoms with Crippen LogP contribution in [0.5, 0.6) is 0 Å². The standard InChI is InChI=1S/C8H13BrO4/c1-13-7(10)5-3-2-4-6(9)8(11)12/h6H,2-5H2,1H3,(H,11,12). The first-order valence-corrected chi connectivity index (χ1v) is 4.93. The lowest BCUT2D eigenvalue weighted by molar-refractivity contribution is -0.140. The number of carboxylic acid groups (broad SMARTS) is 1. The second kappa shape index (κ2) is 6.88. The van der Waals surface area contributed by atoms with Gasteiger partial charge in [0.1, 0.15) is 4.83 Å². The van der Waals surface area contributed by atoms with E-state index < -0.39 is 10.8 Å². The van der Waals surface area contributed by atoms with Gasteiger partial charge in [0.05, 0.1) is 7.11 Å². The maximum Gasteiger partial charge on any atom is 0.317 e. The summed E-state index contributed by atoms with van der Waals surface area (Å²) in [5.74, 6) is -1.11. The minimum Gasteiger partial charge on any atom is -0.480 e. The molecule has 0 amide bonds. The third-order valence-electron chi connectivity index (χ3n) is 1.58. The van der Waals surface area contributed by atoms with Crippen LogP contribution in [0.1, 0.15) is 25.7 Å². The molecule has 0 spiro atoms. The van der Waals surface area contributed by atoms with Crippen LogP contribution in [0.15, 0.2) is 0 Å². The largest absolute Gasteiger partial charge is 0.480 e. The number of hydrogen-bond acceptors (Lipinski definition) is 3. The van der Waals surface area contributed by atoms with Gasteiger partial charge in [0.25, 0.3) is 0 Å². The number of rotatable bonds is 6. The summed E-state index contributed by atoms with van der Waals surface area (Å²) in [6.07, 6.45) is 2.27. The van der Waals surface area contributed by atoms with E-state index in [4.69, 9.17) is 5.11 Å². The van der Waals surface area contributed by atoms with Crippen LogP contribution in [-0.2, 0) is 14.3 Å². The molecule has 0 rings (SSSR count). The summed E-state index contributed by atoms with van der Waals surface area (Å²) in [5, 5.41) is 8.50. The number of carboxylic acids is 1. The van der Waals surface area contributed by atoms with Crippen molar-refractivity contribution in [3.63, 3.8) is 0 Å². The fourth-order valence-electron chi connectivity index (χ4n) is 0.818. The first-order chi connectivity index (χ1) is 6.07. The summed E-state index contributed by atoms with van der Waals surface area (Å²) in [7, 11) is 1.34. The number of ether oxygens (including phenoxy) is 1. The number of unbranched alkanes of at least 4 members (excludes halogenated alkanes) is 1. The van der Waals surface area contributed by atoms with E-state index in [1.807, 2.05) is 0 Å². The van der Waals surface area contributed by atoms with Crippen LogP contribution in [0.2, 0.25) is 0 Å². The Bertz CT molecular complexity index is 181. The number of hydrogen-bond donors (Lipinski definition) is 1. The summed E-state index contributed by atoms with van der Waals surface area (Å²) >= 11 is 3.01. The third-order valence-corrected chi connectivity index (χ3v) is 2.43. The van der Waals surface area contributed by atoms with Gasteiger partial charge in [-0.2, -0.15) is 0 Å². The average molecular weight is 253 g/mol. The highest BCUT2D eigenvalue weighted by atomic mass is 79.9. The predicted octanol–water partition coefficient (Wildman–Crippen LogP) is 1.57. The molecule has 0 aromatic rings. The molecular weight excluding hydrogens is 240 g/mol. The molecule has 0 radical (unpaired) electrons. The molecule has 1 unspecified atom stereocenters. The number of methoxy groups -OCH3 is 1. The molecule has 1 N–H and O–H groups in total. The number of halogens is 1. The van der Waals surface area contributed by atoms with Gasteiger partial charge in [0.15, 0.2) is 0 Å². The Kier molecular flexibility index (Phi) is 6.58. The second-order valence-electron chi connectivity index (χ2n) is 2.63. The molecule has 0 fully saturated rings. The van der Waals surface area contributed by atoms with Crippen molar-refractivity contribution in [3.8, 4) is 0 Å². The fourth-order valence-corrected chi connectivity index (χ4v) is 1.14. The molecule has 0 aromatic carbocycles. The molecule has 5 heteroatoms. The van der Waals surface area contributed by atoms with E-state index in [1.165, 1.54) is 7.11 Å². The zero-order valence-electron chi connectivity index (χ0n) is 7.46. The molecular formula is C8H13BrO4. The third kappa shape index (κ3) is 6.57. The van der Waals surface area contributed by atoms with Crippen molar-refractivity contribution < 1.29 is 19.4 Å². The van der Waals surface area contributed by atoms with Gasteiger partial charge in [-0.05, 0) is 12.8 Å². The Morgan fingerprint density at radius 3 is 2.54 bits per heavy atom. The number of aliphatic carboxylic acids is 1. The van der Waals surface area contributed by atoms with E-state index >= 15 is 0 Å². The lowest BCUT2D eigenvalue weighted by Gasteiger charge is -2.03. The molecule has 0 saturated heterocycles. The van der Waals surface area contributed by atoms with Gasteiger partial charge >= 0.3 is 11.9 Å². The van der Waals surface area contributed by atoms with Gasteiger partial charge < -0.3 is 9.84 Å². The van der Waals surface area contributed by atoms with Crippen LogP contribution in [0.3, 0.4) is 0 Å². The van der Waals surface area contributed by atoms with Crippen molar-refractivity contribution in [1.29, 1.82) is 0 Å². The predicted molar refractivity (Wildman–Crippen MR) is 50.8 cm³/mol. The topological polar surface area (TPSA) is 63.6 Å².